The van der Waals surface area contributed by atoms with Crippen LogP contribution in [0, 0.1) is 11.8 Å². The Kier molecular flexibility index (Phi) is 4.12. The molecule has 29 heavy (non-hydrogen) atoms. The third-order valence-electron chi connectivity index (χ3n) is 6.54. The second kappa shape index (κ2) is 6.69. The molecule has 148 valence electrons. The zero-order valence-corrected chi connectivity index (χ0v) is 16.5. The van der Waals surface area contributed by atoms with Crippen LogP contribution in [0.3, 0.4) is 0 Å². The highest BCUT2D eigenvalue weighted by Crippen LogP contribution is 2.37. The third-order valence-corrected chi connectivity index (χ3v) is 6.54. The SMILES string of the molecule is C[C@@H]1[C@@H](C)CCC[C@@H]1n1ccc2nc3ccn(-c4ccn[nH]4)c(=O)c3cc2c1=O. The molecule has 0 aromatic carbocycles. The smallest absolute Gasteiger partial charge is 0.265 e. The zero-order valence-electron chi connectivity index (χ0n) is 16.5. The third kappa shape index (κ3) is 2.80. The molecule has 0 unspecified atom stereocenters. The van der Waals surface area contributed by atoms with Gasteiger partial charge in [-0.05, 0) is 36.5 Å². The topological polar surface area (TPSA) is 85.6 Å². The van der Waals surface area contributed by atoms with E-state index in [1.165, 1.54) is 11.0 Å². The lowest BCUT2D eigenvalue weighted by molar-refractivity contribution is 0.183. The van der Waals surface area contributed by atoms with Gasteiger partial charge in [-0.15, -0.1) is 0 Å². The average molecular weight is 389 g/mol. The van der Waals surface area contributed by atoms with Crippen molar-refractivity contribution in [2.45, 2.75) is 39.2 Å². The first-order chi connectivity index (χ1) is 14.0. The van der Waals surface area contributed by atoms with Gasteiger partial charge in [0.05, 0.1) is 28.0 Å². The van der Waals surface area contributed by atoms with Crippen LogP contribution in [0.4, 0.5) is 0 Å². The summed E-state index contributed by atoms with van der Waals surface area (Å²) in [5.41, 5.74) is 0.902. The largest absolute Gasteiger partial charge is 0.312 e. The Morgan fingerprint density at radius 2 is 1.76 bits per heavy atom. The number of aromatic amines is 1. The summed E-state index contributed by atoms with van der Waals surface area (Å²) in [7, 11) is 0. The molecule has 0 aliphatic heterocycles. The Hall–Kier alpha value is -3.22. The van der Waals surface area contributed by atoms with Crippen molar-refractivity contribution in [1.29, 1.82) is 0 Å². The number of hydrogen-bond acceptors (Lipinski definition) is 4. The average Bonchev–Trinajstić information content (AvgIpc) is 3.25. The molecule has 3 atom stereocenters. The van der Waals surface area contributed by atoms with Crippen LogP contribution in [0.2, 0.25) is 0 Å². The van der Waals surface area contributed by atoms with Crippen LogP contribution < -0.4 is 11.1 Å². The fraction of sp³-hybridized carbons (Fsp3) is 0.364. The molecule has 5 rings (SSSR count). The molecular weight excluding hydrogens is 366 g/mol. The van der Waals surface area contributed by atoms with Crippen molar-refractivity contribution >= 4 is 21.8 Å². The molecule has 0 radical (unpaired) electrons. The Morgan fingerprint density at radius 3 is 2.52 bits per heavy atom. The van der Waals surface area contributed by atoms with E-state index in [4.69, 9.17) is 0 Å². The number of nitrogens with one attached hydrogen (secondary N) is 1. The normalized spacial score (nSPS) is 22.3. The maximum absolute atomic E-state index is 13.3. The molecule has 1 aliphatic rings. The quantitative estimate of drug-likeness (QED) is 0.532. The number of aromatic nitrogens is 5. The molecule has 4 heterocycles. The van der Waals surface area contributed by atoms with Gasteiger partial charge >= 0.3 is 0 Å². The first kappa shape index (κ1) is 17.8. The number of H-pyrrole nitrogens is 1. The summed E-state index contributed by atoms with van der Waals surface area (Å²) in [5.74, 6) is 1.60. The molecular formula is C22H23N5O2. The van der Waals surface area contributed by atoms with Crippen molar-refractivity contribution in [3.05, 3.63) is 63.6 Å². The highest BCUT2D eigenvalue weighted by atomic mass is 16.1. The van der Waals surface area contributed by atoms with Gasteiger partial charge < -0.3 is 4.57 Å². The Labute approximate surface area is 167 Å². The summed E-state index contributed by atoms with van der Waals surface area (Å²) in [6, 6.07) is 7.28. The lowest BCUT2D eigenvalue weighted by Gasteiger charge is -2.35. The lowest BCUT2D eigenvalue weighted by Crippen LogP contribution is -2.33. The monoisotopic (exact) mass is 389 g/mol. The first-order valence-corrected chi connectivity index (χ1v) is 10.1. The van der Waals surface area contributed by atoms with Crippen LogP contribution in [-0.4, -0.2) is 24.3 Å². The van der Waals surface area contributed by atoms with E-state index >= 15 is 0 Å². The van der Waals surface area contributed by atoms with Crippen LogP contribution in [0.1, 0.15) is 39.2 Å². The molecule has 0 spiro atoms. The van der Waals surface area contributed by atoms with Crippen molar-refractivity contribution < 1.29 is 0 Å². The van der Waals surface area contributed by atoms with Crippen molar-refractivity contribution in [2.24, 2.45) is 11.8 Å². The minimum Gasteiger partial charge on any atom is -0.312 e. The fourth-order valence-corrected chi connectivity index (χ4v) is 4.62. The number of hydrogen-bond donors (Lipinski definition) is 1. The summed E-state index contributed by atoms with van der Waals surface area (Å²) >= 11 is 0. The van der Waals surface area contributed by atoms with E-state index in [0.717, 1.165) is 12.8 Å². The number of rotatable bonds is 2. The van der Waals surface area contributed by atoms with E-state index in [2.05, 4.69) is 29.0 Å². The minimum atomic E-state index is -0.226. The Morgan fingerprint density at radius 1 is 1.00 bits per heavy atom. The predicted octanol–water partition coefficient (Wildman–Crippen LogP) is 3.42. The van der Waals surface area contributed by atoms with Gasteiger partial charge in [-0.2, -0.15) is 5.10 Å². The van der Waals surface area contributed by atoms with Crippen molar-refractivity contribution in [1.82, 2.24) is 24.3 Å². The molecule has 7 heteroatoms. The molecule has 4 aromatic rings. The van der Waals surface area contributed by atoms with E-state index in [0.29, 0.717) is 39.5 Å². The molecule has 0 saturated heterocycles. The van der Waals surface area contributed by atoms with E-state index in [1.807, 2.05) is 16.8 Å². The number of fused-ring (bicyclic) bond motifs is 2. The van der Waals surface area contributed by atoms with Gasteiger partial charge in [0.25, 0.3) is 11.1 Å². The number of pyridine rings is 3. The standard InChI is InChI=1S/C22H23N5O2/c1-13-4-3-5-19(14(13)2)26-10-7-17-15(21(26)28)12-16-18(24-17)8-11-27(22(16)29)20-6-9-23-25-20/h6-14,19H,3-5H2,1-2H3,(H,23,25)/t13-,14+,19-/m0/s1. The second-order valence-corrected chi connectivity index (χ2v) is 8.15. The summed E-state index contributed by atoms with van der Waals surface area (Å²) in [6.07, 6.45) is 8.48. The van der Waals surface area contributed by atoms with Crippen molar-refractivity contribution in [3.63, 3.8) is 0 Å². The van der Waals surface area contributed by atoms with Gasteiger partial charge in [0.2, 0.25) is 0 Å². The van der Waals surface area contributed by atoms with Gasteiger partial charge in [0, 0.05) is 24.5 Å². The van der Waals surface area contributed by atoms with Crippen LogP contribution in [0.15, 0.2) is 52.4 Å². The van der Waals surface area contributed by atoms with E-state index < -0.39 is 0 Å². The maximum atomic E-state index is 13.3. The predicted molar refractivity (Wildman–Crippen MR) is 112 cm³/mol. The molecule has 7 nitrogen and oxygen atoms in total. The Bertz CT molecular complexity index is 1320. The summed E-state index contributed by atoms with van der Waals surface area (Å²) in [4.78, 5) is 31.0. The van der Waals surface area contributed by atoms with Crippen LogP contribution in [0.5, 0.6) is 0 Å². The summed E-state index contributed by atoms with van der Waals surface area (Å²) < 4.78 is 3.34. The van der Waals surface area contributed by atoms with Crippen LogP contribution >= 0.6 is 0 Å². The second-order valence-electron chi connectivity index (χ2n) is 8.15. The summed E-state index contributed by atoms with van der Waals surface area (Å²) in [6.45, 7) is 4.49. The lowest BCUT2D eigenvalue weighted by atomic mass is 9.78. The Balaban J connectivity index is 1.72. The molecule has 1 fully saturated rings. The molecule has 1 saturated carbocycles. The van der Waals surface area contributed by atoms with Crippen LogP contribution in [0.25, 0.3) is 27.6 Å². The van der Waals surface area contributed by atoms with E-state index in [-0.39, 0.29) is 17.2 Å². The highest BCUT2D eigenvalue weighted by molar-refractivity contribution is 5.91. The van der Waals surface area contributed by atoms with E-state index in [9.17, 15) is 9.59 Å². The number of nitrogens with zero attached hydrogens (tertiary/aromatic N) is 4. The first-order valence-electron chi connectivity index (χ1n) is 10.1. The molecule has 1 N–H and O–H groups in total. The maximum Gasteiger partial charge on any atom is 0.265 e. The van der Waals surface area contributed by atoms with Gasteiger partial charge in [-0.1, -0.05) is 26.7 Å². The van der Waals surface area contributed by atoms with Gasteiger partial charge in [0.15, 0.2) is 0 Å². The van der Waals surface area contributed by atoms with Crippen molar-refractivity contribution in [3.8, 4) is 5.82 Å². The minimum absolute atomic E-state index is 0.0702. The highest BCUT2D eigenvalue weighted by Gasteiger charge is 2.29. The molecule has 4 aromatic heterocycles. The van der Waals surface area contributed by atoms with Crippen molar-refractivity contribution in [2.75, 3.05) is 0 Å². The zero-order chi connectivity index (χ0) is 20.1. The molecule has 1 aliphatic carbocycles. The summed E-state index contributed by atoms with van der Waals surface area (Å²) in [5, 5.41) is 7.62. The fourth-order valence-electron chi connectivity index (χ4n) is 4.62. The van der Waals surface area contributed by atoms with Crippen LogP contribution in [-0.2, 0) is 0 Å². The van der Waals surface area contributed by atoms with Gasteiger partial charge in [-0.3, -0.25) is 19.3 Å². The van der Waals surface area contributed by atoms with E-state index in [1.54, 1.807) is 30.6 Å². The molecule has 0 amide bonds. The molecule has 0 bridgehead atoms. The van der Waals surface area contributed by atoms with Gasteiger partial charge in [0.1, 0.15) is 5.82 Å². The van der Waals surface area contributed by atoms with Gasteiger partial charge in [-0.25, -0.2) is 4.98 Å².